The molecule has 2 atom stereocenters. The maximum Gasteiger partial charge on any atom is 0.314 e. The largest absolute Gasteiger partial charge is 0.465 e. The normalized spacial score (nSPS) is 31.7. The van der Waals surface area contributed by atoms with E-state index >= 15 is 0 Å². The third-order valence-corrected chi connectivity index (χ3v) is 5.13. The molecule has 2 aliphatic rings. The quantitative estimate of drug-likeness (QED) is 0.784. The van der Waals surface area contributed by atoms with Gasteiger partial charge >= 0.3 is 5.97 Å². The van der Waals surface area contributed by atoms with E-state index in [1.54, 1.807) is 0 Å². The number of hydrogen-bond acceptors (Lipinski definition) is 3. The van der Waals surface area contributed by atoms with Gasteiger partial charge in [-0.1, -0.05) is 46.0 Å². The first-order chi connectivity index (χ1) is 8.57. The van der Waals surface area contributed by atoms with E-state index in [0.717, 1.165) is 18.8 Å². The van der Waals surface area contributed by atoms with Gasteiger partial charge in [-0.3, -0.25) is 4.79 Å². The van der Waals surface area contributed by atoms with Crippen LogP contribution in [0.15, 0.2) is 0 Å². The topological polar surface area (TPSA) is 52.3 Å². The lowest BCUT2D eigenvalue weighted by atomic mass is 9.67. The summed E-state index contributed by atoms with van der Waals surface area (Å²) in [7, 11) is 0. The Hall–Kier alpha value is -0.570. The Morgan fingerprint density at radius 1 is 1.33 bits per heavy atom. The standard InChI is InChI=1S/C15H27NO2/c1-11(2)15(8-9-18-14(15)17)13(16)10-12-6-4-3-5-7-12/h11-13H,3-10,16H2,1-2H3. The van der Waals surface area contributed by atoms with Gasteiger partial charge in [-0.25, -0.2) is 0 Å². The van der Waals surface area contributed by atoms with Crippen molar-refractivity contribution in [2.45, 2.75) is 64.8 Å². The van der Waals surface area contributed by atoms with E-state index < -0.39 is 5.41 Å². The Labute approximate surface area is 110 Å². The zero-order valence-corrected chi connectivity index (χ0v) is 11.8. The molecule has 1 saturated heterocycles. The summed E-state index contributed by atoms with van der Waals surface area (Å²) in [6.45, 7) is 4.76. The van der Waals surface area contributed by atoms with Gasteiger partial charge in [-0.05, 0) is 24.7 Å². The van der Waals surface area contributed by atoms with Gasteiger partial charge in [0.25, 0.3) is 0 Å². The number of rotatable bonds is 4. The molecule has 1 saturated carbocycles. The number of hydrogen-bond donors (Lipinski definition) is 1. The fraction of sp³-hybridized carbons (Fsp3) is 0.933. The van der Waals surface area contributed by atoms with Crippen molar-refractivity contribution < 1.29 is 9.53 Å². The first-order valence-corrected chi connectivity index (χ1v) is 7.50. The Bertz CT molecular complexity index is 297. The zero-order chi connectivity index (χ0) is 13.2. The van der Waals surface area contributed by atoms with Gasteiger partial charge in [0, 0.05) is 6.04 Å². The van der Waals surface area contributed by atoms with Crippen LogP contribution in [0.1, 0.15) is 58.8 Å². The molecule has 0 aromatic rings. The molecule has 0 aromatic heterocycles. The van der Waals surface area contributed by atoms with Crippen LogP contribution in [-0.4, -0.2) is 18.6 Å². The van der Waals surface area contributed by atoms with E-state index in [1.807, 2.05) is 0 Å². The van der Waals surface area contributed by atoms with Crippen molar-refractivity contribution in [1.29, 1.82) is 0 Å². The molecule has 0 bridgehead atoms. The van der Waals surface area contributed by atoms with Crippen LogP contribution in [0, 0.1) is 17.3 Å². The predicted molar refractivity (Wildman–Crippen MR) is 72.0 cm³/mol. The summed E-state index contributed by atoms with van der Waals surface area (Å²) in [5.41, 5.74) is 6.02. The van der Waals surface area contributed by atoms with Crippen molar-refractivity contribution in [2.24, 2.45) is 23.0 Å². The number of cyclic esters (lactones) is 1. The summed E-state index contributed by atoms with van der Waals surface area (Å²) in [5, 5.41) is 0. The average molecular weight is 253 g/mol. The number of nitrogens with two attached hydrogens (primary N) is 1. The van der Waals surface area contributed by atoms with Gasteiger partial charge in [-0.2, -0.15) is 0 Å². The number of esters is 1. The van der Waals surface area contributed by atoms with E-state index in [4.69, 9.17) is 10.5 Å². The van der Waals surface area contributed by atoms with Crippen LogP contribution < -0.4 is 5.73 Å². The Kier molecular flexibility index (Phi) is 4.31. The highest BCUT2D eigenvalue weighted by Crippen LogP contribution is 2.43. The molecule has 2 fully saturated rings. The smallest absolute Gasteiger partial charge is 0.314 e. The highest BCUT2D eigenvalue weighted by Gasteiger charge is 2.51. The van der Waals surface area contributed by atoms with Gasteiger partial charge in [0.05, 0.1) is 12.0 Å². The van der Waals surface area contributed by atoms with Crippen LogP contribution in [0.25, 0.3) is 0 Å². The van der Waals surface area contributed by atoms with Crippen LogP contribution >= 0.6 is 0 Å². The van der Waals surface area contributed by atoms with E-state index in [-0.39, 0.29) is 17.9 Å². The molecule has 104 valence electrons. The fourth-order valence-electron chi connectivity index (χ4n) is 3.83. The molecule has 2 unspecified atom stereocenters. The van der Waals surface area contributed by atoms with Crippen molar-refractivity contribution in [1.82, 2.24) is 0 Å². The van der Waals surface area contributed by atoms with Crippen LogP contribution in [0.3, 0.4) is 0 Å². The van der Waals surface area contributed by atoms with Crippen LogP contribution in [0.4, 0.5) is 0 Å². The third-order valence-electron chi connectivity index (χ3n) is 5.13. The molecule has 3 nitrogen and oxygen atoms in total. The number of carbonyl (C=O) groups is 1. The molecule has 0 spiro atoms. The molecule has 1 aliphatic carbocycles. The Balaban J connectivity index is 2.04. The minimum absolute atomic E-state index is 0.0319. The van der Waals surface area contributed by atoms with Crippen molar-refractivity contribution in [3.8, 4) is 0 Å². The van der Waals surface area contributed by atoms with Crippen LogP contribution in [0.5, 0.6) is 0 Å². The zero-order valence-electron chi connectivity index (χ0n) is 11.8. The summed E-state index contributed by atoms with van der Waals surface area (Å²) < 4.78 is 5.22. The van der Waals surface area contributed by atoms with Gasteiger partial charge in [0.1, 0.15) is 0 Å². The highest BCUT2D eigenvalue weighted by molar-refractivity contribution is 5.80. The lowest BCUT2D eigenvalue weighted by Gasteiger charge is -2.37. The molecule has 2 N–H and O–H groups in total. The second kappa shape index (κ2) is 5.60. The lowest BCUT2D eigenvalue weighted by Crippen LogP contribution is -2.49. The molecule has 18 heavy (non-hydrogen) atoms. The summed E-state index contributed by atoms with van der Waals surface area (Å²) in [6, 6.07) is -0.0319. The van der Waals surface area contributed by atoms with E-state index in [9.17, 15) is 4.79 Å². The molecule has 3 heteroatoms. The molecule has 1 heterocycles. The summed E-state index contributed by atoms with van der Waals surface area (Å²) >= 11 is 0. The van der Waals surface area contributed by atoms with Crippen molar-refractivity contribution >= 4 is 5.97 Å². The maximum absolute atomic E-state index is 12.1. The SMILES string of the molecule is CC(C)C1(C(N)CC2CCCCC2)CCOC1=O. The minimum atomic E-state index is -0.419. The second-order valence-corrected chi connectivity index (χ2v) is 6.43. The molecule has 0 amide bonds. The van der Waals surface area contributed by atoms with E-state index in [2.05, 4.69) is 13.8 Å². The van der Waals surface area contributed by atoms with Crippen molar-refractivity contribution in [2.75, 3.05) is 6.61 Å². The van der Waals surface area contributed by atoms with Gasteiger partial charge in [-0.15, -0.1) is 0 Å². The molecule has 0 radical (unpaired) electrons. The molecular weight excluding hydrogens is 226 g/mol. The molecule has 0 aromatic carbocycles. The van der Waals surface area contributed by atoms with Gasteiger partial charge < -0.3 is 10.5 Å². The lowest BCUT2D eigenvalue weighted by molar-refractivity contribution is -0.149. The number of carbonyl (C=O) groups excluding carboxylic acids is 1. The van der Waals surface area contributed by atoms with Crippen LogP contribution in [-0.2, 0) is 9.53 Å². The monoisotopic (exact) mass is 253 g/mol. The fourth-order valence-corrected chi connectivity index (χ4v) is 3.83. The van der Waals surface area contributed by atoms with Crippen molar-refractivity contribution in [3.63, 3.8) is 0 Å². The van der Waals surface area contributed by atoms with Gasteiger partial charge in [0.2, 0.25) is 0 Å². The molecule has 1 aliphatic heterocycles. The highest BCUT2D eigenvalue weighted by atomic mass is 16.5. The summed E-state index contributed by atoms with van der Waals surface area (Å²) in [5.74, 6) is 0.935. The number of ether oxygens (including phenoxy) is 1. The molecule has 2 rings (SSSR count). The first-order valence-electron chi connectivity index (χ1n) is 7.50. The summed E-state index contributed by atoms with van der Waals surface area (Å²) in [4.78, 5) is 12.1. The first kappa shape index (κ1) is 13.9. The van der Waals surface area contributed by atoms with Gasteiger partial charge in [0.15, 0.2) is 0 Å². The van der Waals surface area contributed by atoms with E-state index in [0.29, 0.717) is 6.61 Å². The Morgan fingerprint density at radius 2 is 2.00 bits per heavy atom. The third kappa shape index (κ3) is 2.42. The maximum atomic E-state index is 12.1. The second-order valence-electron chi connectivity index (χ2n) is 6.43. The molecular formula is C15H27NO2. The van der Waals surface area contributed by atoms with Crippen LogP contribution in [0.2, 0.25) is 0 Å². The summed E-state index contributed by atoms with van der Waals surface area (Å²) in [6.07, 6.45) is 8.40. The van der Waals surface area contributed by atoms with E-state index in [1.165, 1.54) is 32.1 Å². The van der Waals surface area contributed by atoms with Crippen molar-refractivity contribution in [3.05, 3.63) is 0 Å². The Morgan fingerprint density at radius 3 is 2.50 bits per heavy atom. The predicted octanol–water partition coefficient (Wildman–Crippen LogP) is 2.87. The average Bonchev–Trinajstić information content (AvgIpc) is 2.73. The minimum Gasteiger partial charge on any atom is -0.465 e.